The van der Waals surface area contributed by atoms with Crippen LogP contribution in [0.2, 0.25) is 0 Å². The Morgan fingerprint density at radius 3 is 1.30 bits per heavy atom. The summed E-state index contributed by atoms with van der Waals surface area (Å²) in [4.78, 5) is 4.69. The molecule has 1 aliphatic carbocycles. The van der Waals surface area contributed by atoms with E-state index in [9.17, 15) is 0 Å². The summed E-state index contributed by atoms with van der Waals surface area (Å²) in [6.45, 7) is 0. The van der Waals surface area contributed by atoms with E-state index >= 15 is 0 Å². The molecule has 2 aliphatic rings. The highest BCUT2D eigenvalue weighted by Gasteiger charge is 2.50. The van der Waals surface area contributed by atoms with Gasteiger partial charge in [0.05, 0.1) is 5.41 Å². The lowest BCUT2D eigenvalue weighted by molar-refractivity contribution is 0.729. The molecule has 0 bridgehead atoms. The van der Waals surface area contributed by atoms with Crippen molar-refractivity contribution in [2.45, 2.75) is 25.0 Å². The van der Waals surface area contributed by atoms with Crippen molar-refractivity contribution in [2.24, 2.45) is 0 Å². The Labute approximate surface area is 270 Å². The minimum absolute atomic E-state index is 0.451. The second-order valence-electron chi connectivity index (χ2n) is 11.9. The van der Waals surface area contributed by atoms with Crippen LogP contribution < -0.4 is 0 Å². The summed E-state index contributed by atoms with van der Waals surface area (Å²) in [6.07, 6.45) is 0. The highest BCUT2D eigenvalue weighted by Crippen LogP contribution is 2.64. The monoisotopic (exact) mass is 612 g/mol. The van der Waals surface area contributed by atoms with Crippen molar-refractivity contribution >= 4 is 80.1 Å². The number of hydrogen-bond acceptors (Lipinski definition) is 3. The highest BCUT2D eigenvalue weighted by molar-refractivity contribution is 8.00. The lowest BCUT2D eigenvalue weighted by Crippen LogP contribution is -2.32. The molecule has 0 nitrogen and oxygen atoms in total. The van der Waals surface area contributed by atoms with Gasteiger partial charge in [-0.25, -0.2) is 0 Å². The van der Waals surface area contributed by atoms with Crippen LogP contribution in [0.25, 0.3) is 54.2 Å². The van der Waals surface area contributed by atoms with E-state index in [-0.39, 0.29) is 0 Å². The summed E-state index contributed by atoms with van der Waals surface area (Å²) >= 11 is 11.8. The molecule has 1 heterocycles. The number of thiol groups is 2. The zero-order valence-corrected chi connectivity index (χ0v) is 26.1. The van der Waals surface area contributed by atoms with Gasteiger partial charge in [-0.15, -0.1) is 25.3 Å². The third-order valence-corrected chi connectivity index (χ3v) is 11.9. The van der Waals surface area contributed by atoms with Gasteiger partial charge >= 0.3 is 0 Å². The maximum atomic E-state index is 4.94. The van der Waals surface area contributed by atoms with Crippen LogP contribution in [0.5, 0.6) is 0 Å². The average molecular weight is 613 g/mol. The first-order valence-electron chi connectivity index (χ1n) is 14.9. The highest BCUT2D eigenvalue weighted by atomic mass is 32.2. The Hall–Kier alpha value is -4.15. The van der Waals surface area contributed by atoms with Gasteiger partial charge in [-0.1, -0.05) is 133 Å². The topological polar surface area (TPSA) is 0 Å². The van der Waals surface area contributed by atoms with Crippen molar-refractivity contribution in [3.8, 4) is 11.1 Å². The summed E-state index contributed by atoms with van der Waals surface area (Å²) in [5, 5.41) is 9.93. The van der Waals surface area contributed by atoms with Crippen molar-refractivity contribution in [3.63, 3.8) is 0 Å². The lowest BCUT2D eigenvalue weighted by atomic mass is 9.66. The third kappa shape index (κ3) is 3.05. The van der Waals surface area contributed by atoms with E-state index in [4.69, 9.17) is 25.3 Å². The van der Waals surface area contributed by atoms with Crippen molar-refractivity contribution in [2.75, 3.05) is 0 Å². The zero-order chi connectivity index (χ0) is 29.2. The number of rotatable bonds is 0. The van der Waals surface area contributed by atoms with Gasteiger partial charge in [-0.05, 0) is 77.8 Å². The molecule has 0 fully saturated rings. The number of hydrogen-bond donors (Lipinski definition) is 2. The molecule has 206 valence electrons. The van der Waals surface area contributed by atoms with E-state index < -0.39 is 5.41 Å². The van der Waals surface area contributed by atoms with Crippen LogP contribution in [-0.4, -0.2) is 0 Å². The number of benzene rings is 8. The molecule has 44 heavy (non-hydrogen) atoms. The van der Waals surface area contributed by atoms with Gasteiger partial charge in [-0.3, -0.25) is 0 Å². The molecule has 0 saturated carbocycles. The van der Waals surface area contributed by atoms with Gasteiger partial charge in [0.2, 0.25) is 0 Å². The zero-order valence-electron chi connectivity index (χ0n) is 23.5. The summed E-state index contributed by atoms with van der Waals surface area (Å²) < 4.78 is 0. The van der Waals surface area contributed by atoms with Gasteiger partial charge in [0.15, 0.2) is 0 Å². The Bertz CT molecular complexity index is 2380. The Morgan fingerprint density at radius 1 is 0.409 bits per heavy atom. The predicted molar refractivity (Wildman–Crippen MR) is 192 cm³/mol. The van der Waals surface area contributed by atoms with Crippen LogP contribution in [-0.2, 0) is 5.41 Å². The fraction of sp³-hybridized carbons (Fsp3) is 0.0244. The largest absolute Gasteiger partial charge is 0.143 e. The predicted octanol–water partition coefficient (Wildman–Crippen LogP) is 11.7. The Morgan fingerprint density at radius 2 is 0.818 bits per heavy atom. The van der Waals surface area contributed by atoms with Crippen LogP contribution in [0.3, 0.4) is 0 Å². The van der Waals surface area contributed by atoms with Crippen LogP contribution in [0.15, 0.2) is 153 Å². The van der Waals surface area contributed by atoms with E-state index in [1.807, 2.05) is 11.8 Å². The fourth-order valence-corrected chi connectivity index (χ4v) is 10.4. The molecule has 8 aromatic rings. The first-order valence-corrected chi connectivity index (χ1v) is 16.6. The van der Waals surface area contributed by atoms with E-state index in [1.54, 1.807) is 0 Å². The van der Waals surface area contributed by atoms with Crippen molar-refractivity contribution < 1.29 is 0 Å². The molecular weight excluding hydrogens is 589 g/mol. The molecule has 0 radical (unpaired) electrons. The maximum absolute atomic E-state index is 4.94. The van der Waals surface area contributed by atoms with Gasteiger partial charge in [0.1, 0.15) is 0 Å². The van der Waals surface area contributed by atoms with Crippen LogP contribution >= 0.6 is 37.0 Å². The van der Waals surface area contributed by atoms with E-state index in [0.717, 1.165) is 9.79 Å². The van der Waals surface area contributed by atoms with Crippen molar-refractivity contribution in [1.29, 1.82) is 0 Å². The molecule has 0 N–H and O–H groups in total. The molecule has 0 unspecified atom stereocenters. The van der Waals surface area contributed by atoms with Crippen LogP contribution in [0.1, 0.15) is 22.3 Å². The van der Waals surface area contributed by atoms with Gasteiger partial charge in [0.25, 0.3) is 0 Å². The molecule has 10 rings (SSSR count). The first kappa shape index (κ1) is 25.2. The van der Waals surface area contributed by atoms with Gasteiger partial charge in [0, 0.05) is 30.4 Å². The molecule has 0 saturated heterocycles. The van der Waals surface area contributed by atoms with E-state index in [2.05, 4.69) is 133 Å². The maximum Gasteiger partial charge on any atom is 0.0735 e. The lowest BCUT2D eigenvalue weighted by Gasteiger charge is -2.41. The Kier molecular flexibility index (Phi) is 5.13. The van der Waals surface area contributed by atoms with Gasteiger partial charge < -0.3 is 0 Å². The second kappa shape index (κ2) is 8.95. The SMILES string of the molecule is Sc1cc2ccc3c(c2c2ccccc12)Sc1c(ccc2cc(S)c4ccccc4c12)C31c2ccccc2-c2ccccc21. The molecule has 1 spiro atoms. The fourth-order valence-electron chi connectivity index (χ4n) is 8.16. The Balaban J connectivity index is 1.48. The second-order valence-corrected chi connectivity index (χ2v) is 13.9. The van der Waals surface area contributed by atoms with Crippen molar-refractivity contribution in [1.82, 2.24) is 0 Å². The minimum atomic E-state index is -0.451. The summed E-state index contributed by atoms with van der Waals surface area (Å²) in [7, 11) is 0. The number of fused-ring (bicyclic) bond motifs is 17. The molecular formula is C41H24S3. The normalized spacial score (nSPS) is 14.2. The van der Waals surface area contributed by atoms with E-state index in [0.29, 0.717) is 0 Å². The smallest absolute Gasteiger partial charge is 0.0735 e. The quantitative estimate of drug-likeness (QED) is 0.127. The molecule has 1 aliphatic heterocycles. The molecule has 3 heteroatoms. The summed E-state index contributed by atoms with van der Waals surface area (Å²) in [5.74, 6) is 0. The average Bonchev–Trinajstić information content (AvgIpc) is 3.35. The summed E-state index contributed by atoms with van der Waals surface area (Å²) in [6, 6.07) is 49.5. The molecule has 8 aromatic carbocycles. The molecule has 0 amide bonds. The standard InChI is InChI=1S/C41H24S3/c42-35-21-23-17-19-33-39(37(23)29-13-3-1-11-27(29)35)44-40-34(20-18-24-22-36(43)28-12-2-4-14-30(28)38(24)40)41(33)31-15-7-5-9-25(31)26-10-6-8-16-32(26)41/h1-22,42-43H. The minimum Gasteiger partial charge on any atom is -0.143 e. The third-order valence-electron chi connectivity index (χ3n) is 9.87. The molecule has 0 atom stereocenters. The van der Waals surface area contributed by atoms with E-state index in [1.165, 1.54) is 86.3 Å². The summed E-state index contributed by atoms with van der Waals surface area (Å²) in [5.41, 5.74) is 7.60. The molecule has 0 aromatic heterocycles. The first-order chi connectivity index (χ1) is 21.7. The van der Waals surface area contributed by atoms with Crippen molar-refractivity contribution in [3.05, 3.63) is 156 Å². The van der Waals surface area contributed by atoms with Gasteiger partial charge in [-0.2, -0.15) is 0 Å². The van der Waals surface area contributed by atoms with Crippen LogP contribution in [0.4, 0.5) is 0 Å². The van der Waals surface area contributed by atoms with Crippen LogP contribution in [0, 0.1) is 0 Å².